The average molecular weight is 562 g/mol. The Balaban J connectivity index is 1.29. The van der Waals surface area contributed by atoms with E-state index in [9.17, 15) is 14.7 Å². The van der Waals surface area contributed by atoms with E-state index in [1.165, 1.54) is 4.90 Å². The first-order valence-electron chi connectivity index (χ1n) is 12.8. The van der Waals surface area contributed by atoms with Gasteiger partial charge < -0.3 is 35.1 Å². The van der Waals surface area contributed by atoms with Gasteiger partial charge in [-0.25, -0.2) is 9.78 Å². The third-order valence-electron chi connectivity index (χ3n) is 6.89. The summed E-state index contributed by atoms with van der Waals surface area (Å²) in [5, 5.41) is 18.7. The topological polar surface area (TPSA) is 129 Å². The summed E-state index contributed by atoms with van der Waals surface area (Å²) >= 11 is 6.60. The van der Waals surface area contributed by atoms with Crippen LogP contribution >= 0.6 is 11.6 Å². The minimum Gasteiger partial charge on any atom is -0.457 e. The molecule has 0 saturated carbocycles. The van der Waals surface area contributed by atoms with Crippen molar-refractivity contribution in [2.75, 3.05) is 23.7 Å². The average Bonchev–Trinajstić information content (AvgIpc) is 3.31. The molecule has 4 N–H and O–H groups in total. The number of aliphatic hydroxyl groups excluding tert-OH is 1. The van der Waals surface area contributed by atoms with E-state index >= 15 is 0 Å². The van der Waals surface area contributed by atoms with Gasteiger partial charge in [0.05, 0.1) is 41.1 Å². The van der Waals surface area contributed by atoms with Crippen molar-refractivity contribution < 1.29 is 24.2 Å². The Bertz CT molecular complexity index is 1630. The zero-order valence-electron chi connectivity index (χ0n) is 22.1. The number of para-hydroxylation sites is 1. The second-order valence-electron chi connectivity index (χ2n) is 11.0. The second kappa shape index (κ2) is 9.42. The van der Waals surface area contributed by atoms with E-state index in [1.54, 1.807) is 51.4 Å². The number of carbonyl (C=O) groups is 2. The van der Waals surface area contributed by atoms with Crippen molar-refractivity contribution in [3.63, 3.8) is 0 Å². The molecule has 1 fully saturated rings. The lowest BCUT2D eigenvalue weighted by atomic mass is 9.86. The van der Waals surface area contributed by atoms with Crippen LogP contribution in [0.15, 0.2) is 60.9 Å². The maximum Gasteiger partial charge on any atom is 0.410 e. The van der Waals surface area contributed by atoms with Crippen molar-refractivity contribution in [1.29, 1.82) is 0 Å². The highest BCUT2D eigenvalue weighted by Gasteiger charge is 2.54. The molecule has 4 heterocycles. The summed E-state index contributed by atoms with van der Waals surface area (Å²) in [6, 6.07) is 14.4. The summed E-state index contributed by atoms with van der Waals surface area (Å²) in [4.78, 5) is 34.6. The van der Waals surface area contributed by atoms with Crippen LogP contribution in [0.3, 0.4) is 0 Å². The summed E-state index contributed by atoms with van der Waals surface area (Å²) in [5.74, 6) is 0.941. The number of halogens is 1. The number of nitrogens with one attached hydrogen (secondary N) is 3. The number of carbonyl (C=O) groups excluding carboxylic acids is 2. The number of rotatable bonds is 4. The third-order valence-corrected chi connectivity index (χ3v) is 7.22. The molecule has 2 aromatic heterocycles. The number of ether oxygens (including phenoxy) is 2. The smallest absolute Gasteiger partial charge is 0.410 e. The summed E-state index contributed by atoms with van der Waals surface area (Å²) in [6.45, 7) is 5.64. The van der Waals surface area contributed by atoms with Crippen molar-refractivity contribution in [3.8, 4) is 11.5 Å². The molecule has 1 atom stereocenters. The third kappa shape index (κ3) is 4.59. The Morgan fingerprint density at radius 3 is 2.58 bits per heavy atom. The predicted molar refractivity (Wildman–Crippen MR) is 151 cm³/mol. The molecule has 2 aliphatic heterocycles. The molecule has 4 aromatic rings. The van der Waals surface area contributed by atoms with Crippen LogP contribution in [0, 0.1) is 0 Å². The van der Waals surface area contributed by atoms with E-state index in [0.29, 0.717) is 50.1 Å². The first-order chi connectivity index (χ1) is 19.0. The fourth-order valence-corrected chi connectivity index (χ4v) is 5.24. The van der Waals surface area contributed by atoms with Gasteiger partial charge in [0.15, 0.2) is 5.54 Å². The van der Waals surface area contributed by atoms with E-state index in [2.05, 4.69) is 20.6 Å². The number of H-pyrrole nitrogens is 1. The van der Waals surface area contributed by atoms with Crippen LogP contribution in [-0.2, 0) is 9.53 Å². The van der Waals surface area contributed by atoms with Gasteiger partial charge in [-0.15, -0.1) is 0 Å². The van der Waals surface area contributed by atoms with Gasteiger partial charge in [-0.1, -0.05) is 35.9 Å². The van der Waals surface area contributed by atoms with Crippen molar-refractivity contribution in [1.82, 2.24) is 14.9 Å². The molecule has 40 heavy (non-hydrogen) atoms. The van der Waals surface area contributed by atoms with Crippen molar-refractivity contribution >= 4 is 46.0 Å². The fourth-order valence-electron chi connectivity index (χ4n) is 4.97. The molecule has 11 heteroatoms. The standard InChI is InChI=1S/C29H28ClN5O5/c1-28(2,3)40-27(38)35-14-29(15-35)26(37)33-21-13-32-25-22(23(21)34-29)19(12-31-25)24(36)18-10-9-17(11-20(18)30)39-16-7-5-4-6-8-16/h4-13,24,34,36H,14-15H2,1-3H3,(H,31,32)(H,33,37). The summed E-state index contributed by atoms with van der Waals surface area (Å²) < 4.78 is 11.3. The van der Waals surface area contributed by atoms with Crippen LogP contribution in [0.2, 0.25) is 5.02 Å². The number of benzene rings is 2. The Hall–Kier alpha value is -4.28. The van der Waals surface area contributed by atoms with Crippen molar-refractivity contribution in [2.45, 2.75) is 38.0 Å². The lowest BCUT2D eigenvalue weighted by Gasteiger charge is -2.51. The molecule has 10 nitrogen and oxygen atoms in total. The molecule has 1 saturated heterocycles. The minimum absolute atomic E-state index is 0.133. The highest BCUT2D eigenvalue weighted by molar-refractivity contribution is 6.31. The number of aliphatic hydroxyl groups is 1. The summed E-state index contributed by atoms with van der Waals surface area (Å²) in [5.41, 5.74) is 0.931. The van der Waals surface area contributed by atoms with Gasteiger partial charge >= 0.3 is 6.09 Å². The number of amides is 2. The van der Waals surface area contributed by atoms with Gasteiger partial charge in [0, 0.05) is 17.3 Å². The van der Waals surface area contributed by atoms with Crippen LogP contribution in [0.1, 0.15) is 38.0 Å². The molecule has 2 amide bonds. The largest absolute Gasteiger partial charge is 0.457 e. The molecule has 0 aliphatic carbocycles. The highest BCUT2D eigenvalue weighted by atomic mass is 35.5. The zero-order chi connectivity index (χ0) is 28.2. The van der Waals surface area contributed by atoms with Gasteiger partial charge in [0.2, 0.25) is 0 Å². The maximum atomic E-state index is 13.1. The van der Waals surface area contributed by atoms with Crippen LogP contribution in [0.5, 0.6) is 11.5 Å². The van der Waals surface area contributed by atoms with Gasteiger partial charge in [-0.2, -0.15) is 0 Å². The Kier molecular flexibility index (Phi) is 6.12. The first-order valence-corrected chi connectivity index (χ1v) is 13.2. The highest BCUT2D eigenvalue weighted by Crippen LogP contribution is 2.44. The van der Waals surface area contributed by atoms with E-state index in [4.69, 9.17) is 21.1 Å². The number of likely N-dealkylation sites (tertiary alicyclic amines) is 1. The molecule has 206 valence electrons. The Morgan fingerprint density at radius 2 is 1.88 bits per heavy atom. The zero-order valence-corrected chi connectivity index (χ0v) is 22.9. The van der Waals surface area contributed by atoms with Crippen LogP contribution in [0.4, 0.5) is 16.2 Å². The van der Waals surface area contributed by atoms with Crippen molar-refractivity contribution in [3.05, 3.63) is 77.1 Å². The summed E-state index contributed by atoms with van der Waals surface area (Å²) in [7, 11) is 0. The van der Waals surface area contributed by atoms with Gasteiger partial charge in [0.1, 0.15) is 28.9 Å². The number of hydrogen-bond acceptors (Lipinski definition) is 7. The number of fused-ring (bicyclic) bond motifs is 3. The number of hydrogen-bond donors (Lipinski definition) is 4. The first kappa shape index (κ1) is 26.0. The lowest BCUT2D eigenvalue weighted by molar-refractivity contribution is -0.125. The van der Waals surface area contributed by atoms with Gasteiger partial charge in [-0.05, 0) is 45.0 Å². The second-order valence-corrected chi connectivity index (χ2v) is 11.4. The molecule has 2 aliphatic rings. The fraction of sp³-hybridized carbons (Fsp3) is 0.276. The Labute approximate surface area is 235 Å². The van der Waals surface area contributed by atoms with E-state index in [-0.39, 0.29) is 19.0 Å². The molecule has 6 rings (SSSR count). The molecule has 1 spiro atoms. The number of aromatic nitrogens is 2. The number of nitrogens with zero attached hydrogens (tertiary/aromatic N) is 2. The van der Waals surface area contributed by atoms with Gasteiger partial charge in [0.25, 0.3) is 5.91 Å². The minimum atomic E-state index is -1.10. The lowest BCUT2D eigenvalue weighted by Crippen LogP contribution is -2.73. The van der Waals surface area contributed by atoms with Gasteiger partial charge in [-0.3, -0.25) is 4.79 Å². The molecular weight excluding hydrogens is 534 g/mol. The van der Waals surface area contributed by atoms with Crippen LogP contribution in [-0.4, -0.2) is 56.2 Å². The Morgan fingerprint density at radius 1 is 1.12 bits per heavy atom. The van der Waals surface area contributed by atoms with Crippen LogP contribution < -0.4 is 15.4 Å². The quantitative estimate of drug-likeness (QED) is 0.261. The van der Waals surface area contributed by atoms with Crippen molar-refractivity contribution in [2.24, 2.45) is 0 Å². The normalized spacial score (nSPS) is 16.5. The number of aromatic amines is 1. The summed E-state index contributed by atoms with van der Waals surface area (Å²) in [6.07, 6.45) is 1.64. The number of anilines is 2. The SMILES string of the molecule is CC(C)(C)OC(=O)N1CC2(C1)Nc1c(cnc3[nH]cc(C(O)c4ccc(Oc5ccccc5)cc4Cl)c13)NC2=O. The monoisotopic (exact) mass is 561 g/mol. The maximum absolute atomic E-state index is 13.1. The van der Waals surface area contributed by atoms with E-state index in [1.807, 2.05) is 30.3 Å². The molecular formula is C29H28ClN5O5. The molecule has 0 bridgehead atoms. The van der Waals surface area contributed by atoms with E-state index < -0.39 is 23.3 Å². The van der Waals surface area contributed by atoms with E-state index in [0.717, 1.165) is 0 Å². The molecule has 2 aromatic carbocycles. The molecule has 1 unspecified atom stereocenters. The molecule has 0 radical (unpaired) electrons. The predicted octanol–water partition coefficient (Wildman–Crippen LogP) is 5.44. The van der Waals surface area contributed by atoms with Crippen LogP contribution in [0.25, 0.3) is 11.0 Å². The number of pyridine rings is 1.